The molecule has 2 amide bonds. The first kappa shape index (κ1) is 24.6. The molecule has 0 heterocycles. The Kier molecular flexibility index (Phi) is 10.0. The van der Waals surface area contributed by atoms with E-state index in [-0.39, 0.29) is 17.6 Å². The first-order valence-corrected chi connectivity index (χ1v) is 11.9. The summed E-state index contributed by atoms with van der Waals surface area (Å²) in [7, 11) is 0. The van der Waals surface area contributed by atoms with Crippen molar-refractivity contribution in [1.82, 2.24) is 10.2 Å². The zero-order valence-corrected chi connectivity index (χ0v) is 19.9. The van der Waals surface area contributed by atoms with Crippen LogP contribution in [0.2, 0.25) is 10.0 Å². The molecule has 162 valence electrons. The molecule has 1 atom stereocenters. The van der Waals surface area contributed by atoms with Gasteiger partial charge in [0, 0.05) is 28.9 Å². The summed E-state index contributed by atoms with van der Waals surface area (Å²) in [5, 5.41) is 4.03. The van der Waals surface area contributed by atoms with E-state index in [4.69, 9.17) is 23.2 Å². The van der Waals surface area contributed by atoms with Crippen LogP contribution in [0.25, 0.3) is 0 Å². The van der Waals surface area contributed by atoms with E-state index >= 15 is 0 Å². The third-order valence-corrected chi connectivity index (χ3v) is 6.22. The quantitative estimate of drug-likeness (QED) is 0.504. The molecular weight excluding hydrogens is 439 g/mol. The summed E-state index contributed by atoms with van der Waals surface area (Å²) >= 11 is 13.7. The van der Waals surface area contributed by atoms with E-state index in [0.717, 1.165) is 16.7 Å². The topological polar surface area (TPSA) is 49.4 Å². The number of amides is 2. The maximum atomic E-state index is 13.1. The maximum absolute atomic E-state index is 13.1. The van der Waals surface area contributed by atoms with Crippen molar-refractivity contribution in [2.75, 3.05) is 12.3 Å². The number of carbonyl (C=O) groups is 2. The van der Waals surface area contributed by atoms with Gasteiger partial charge in [-0.2, -0.15) is 0 Å². The summed E-state index contributed by atoms with van der Waals surface area (Å²) in [6, 6.07) is 12.9. The average molecular weight is 467 g/mol. The lowest BCUT2D eigenvalue weighted by Crippen LogP contribution is -2.49. The molecule has 7 heteroatoms. The Balaban J connectivity index is 2.12. The van der Waals surface area contributed by atoms with Gasteiger partial charge in [-0.15, -0.1) is 11.8 Å². The zero-order chi connectivity index (χ0) is 22.1. The fraction of sp³-hybridized carbons (Fsp3) is 0.391. The van der Waals surface area contributed by atoms with Crippen molar-refractivity contribution < 1.29 is 9.59 Å². The van der Waals surface area contributed by atoms with Gasteiger partial charge in [-0.05, 0) is 43.5 Å². The summed E-state index contributed by atoms with van der Waals surface area (Å²) in [4.78, 5) is 27.4. The van der Waals surface area contributed by atoms with Crippen LogP contribution in [0.15, 0.2) is 42.5 Å². The van der Waals surface area contributed by atoms with E-state index in [1.807, 2.05) is 51.1 Å². The third kappa shape index (κ3) is 7.22. The molecule has 0 bridgehead atoms. The normalized spacial score (nSPS) is 11.8. The number of nitrogens with zero attached hydrogens (tertiary/aromatic N) is 1. The Morgan fingerprint density at radius 3 is 2.53 bits per heavy atom. The molecule has 0 aliphatic heterocycles. The molecule has 0 fully saturated rings. The Morgan fingerprint density at radius 1 is 1.13 bits per heavy atom. The van der Waals surface area contributed by atoms with Crippen molar-refractivity contribution in [2.24, 2.45) is 0 Å². The molecule has 0 aliphatic rings. The lowest BCUT2D eigenvalue weighted by molar-refractivity contribution is -0.139. The van der Waals surface area contributed by atoms with Gasteiger partial charge >= 0.3 is 0 Å². The van der Waals surface area contributed by atoms with E-state index in [1.54, 1.807) is 17.0 Å². The van der Waals surface area contributed by atoms with E-state index in [1.165, 1.54) is 11.8 Å². The minimum absolute atomic E-state index is 0.0651. The van der Waals surface area contributed by atoms with Crippen LogP contribution in [0, 0.1) is 6.92 Å². The second kappa shape index (κ2) is 12.2. The molecule has 0 radical (unpaired) electrons. The number of hydrogen-bond donors (Lipinski definition) is 1. The van der Waals surface area contributed by atoms with Gasteiger partial charge in [-0.3, -0.25) is 9.59 Å². The van der Waals surface area contributed by atoms with Crippen molar-refractivity contribution >= 4 is 46.8 Å². The number of nitrogens with one attached hydrogen (secondary N) is 1. The lowest BCUT2D eigenvalue weighted by atomic mass is 10.1. The molecule has 0 spiro atoms. The van der Waals surface area contributed by atoms with Crippen LogP contribution < -0.4 is 5.32 Å². The largest absolute Gasteiger partial charge is 0.355 e. The Labute approximate surface area is 193 Å². The molecule has 4 nitrogen and oxygen atoms in total. The van der Waals surface area contributed by atoms with Crippen molar-refractivity contribution in [3.05, 3.63) is 69.2 Å². The molecule has 1 N–H and O–H groups in total. The highest BCUT2D eigenvalue weighted by Crippen LogP contribution is 2.25. The highest BCUT2D eigenvalue weighted by Gasteiger charge is 2.28. The highest BCUT2D eigenvalue weighted by atomic mass is 35.5. The molecule has 0 unspecified atom stereocenters. The molecule has 0 aliphatic carbocycles. The number of rotatable bonds is 10. The molecule has 2 rings (SSSR count). The SMILES string of the molecule is CCNC(=O)[C@H](CC)N(Cc1cccc(C)c1)C(=O)CSCc1ccc(Cl)cc1Cl. The van der Waals surface area contributed by atoms with Crippen LogP contribution in [-0.4, -0.2) is 35.1 Å². The van der Waals surface area contributed by atoms with E-state index in [2.05, 4.69) is 5.32 Å². The molecule has 0 saturated heterocycles. The minimum Gasteiger partial charge on any atom is -0.355 e. The first-order valence-electron chi connectivity index (χ1n) is 10.00. The van der Waals surface area contributed by atoms with Crippen molar-refractivity contribution in [1.29, 1.82) is 0 Å². The number of benzene rings is 2. The molecule has 0 aromatic heterocycles. The fourth-order valence-electron chi connectivity index (χ4n) is 3.19. The van der Waals surface area contributed by atoms with E-state index < -0.39 is 6.04 Å². The number of likely N-dealkylation sites (N-methyl/N-ethyl adjacent to an activating group) is 1. The standard InChI is InChI=1S/C23H28Cl2N2O2S/c1-4-21(23(29)26-5-2)27(13-17-8-6-7-16(3)11-17)22(28)15-30-14-18-9-10-19(24)12-20(18)25/h6-12,21H,4-5,13-15H2,1-3H3,(H,26,29)/t21-/m0/s1. The number of halogens is 2. The summed E-state index contributed by atoms with van der Waals surface area (Å²) < 4.78 is 0. The Bertz CT molecular complexity index is 876. The highest BCUT2D eigenvalue weighted by molar-refractivity contribution is 7.99. The molecule has 2 aromatic carbocycles. The van der Waals surface area contributed by atoms with Crippen molar-refractivity contribution in [3.63, 3.8) is 0 Å². The van der Waals surface area contributed by atoms with Crippen molar-refractivity contribution in [2.45, 2.75) is 45.5 Å². The summed E-state index contributed by atoms with van der Waals surface area (Å²) in [5.74, 6) is 0.676. The van der Waals surface area contributed by atoms with Gasteiger partial charge in [0.25, 0.3) is 0 Å². The van der Waals surface area contributed by atoms with Gasteiger partial charge in [-0.1, -0.05) is 66.0 Å². The van der Waals surface area contributed by atoms with Crippen molar-refractivity contribution in [3.8, 4) is 0 Å². The predicted octanol–water partition coefficient (Wildman–Crippen LogP) is 5.48. The Morgan fingerprint density at radius 2 is 1.90 bits per heavy atom. The average Bonchev–Trinajstić information content (AvgIpc) is 2.69. The van der Waals surface area contributed by atoms with Gasteiger partial charge in [0.15, 0.2) is 0 Å². The second-order valence-corrected chi connectivity index (χ2v) is 8.89. The zero-order valence-electron chi connectivity index (χ0n) is 17.6. The van der Waals surface area contributed by atoms with Gasteiger partial charge in [0.05, 0.1) is 5.75 Å². The lowest BCUT2D eigenvalue weighted by Gasteiger charge is -2.30. The number of aryl methyl sites for hydroxylation is 1. The number of thioether (sulfide) groups is 1. The van der Waals surface area contributed by atoms with Gasteiger partial charge < -0.3 is 10.2 Å². The number of hydrogen-bond acceptors (Lipinski definition) is 3. The Hall–Kier alpha value is -1.69. The predicted molar refractivity (Wildman–Crippen MR) is 127 cm³/mol. The van der Waals surface area contributed by atoms with Crippen LogP contribution in [0.1, 0.15) is 37.0 Å². The minimum atomic E-state index is -0.502. The molecule has 0 saturated carbocycles. The molecular formula is C23H28Cl2N2O2S. The van der Waals surface area contributed by atoms with E-state index in [9.17, 15) is 9.59 Å². The summed E-state index contributed by atoms with van der Waals surface area (Å²) in [6.45, 7) is 6.76. The monoisotopic (exact) mass is 466 g/mol. The maximum Gasteiger partial charge on any atom is 0.242 e. The van der Waals surface area contributed by atoms with Gasteiger partial charge in [0.2, 0.25) is 11.8 Å². The first-order chi connectivity index (χ1) is 14.3. The fourth-order valence-corrected chi connectivity index (χ4v) is 4.66. The van der Waals surface area contributed by atoms with Crippen LogP contribution in [0.4, 0.5) is 0 Å². The van der Waals surface area contributed by atoms with Gasteiger partial charge in [0.1, 0.15) is 6.04 Å². The molecule has 2 aromatic rings. The van der Waals surface area contributed by atoms with Gasteiger partial charge in [-0.25, -0.2) is 0 Å². The second-order valence-electron chi connectivity index (χ2n) is 7.06. The van der Waals surface area contributed by atoms with Crippen LogP contribution in [0.5, 0.6) is 0 Å². The van der Waals surface area contributed by atoms with Crippen LogP contribution in [-0.2, 0) is 21.9 Å². The van der Waals surface area contributed by atoms with Crippen LogP contribution in [0.3, 0.4) is 0 Å². The summed E-state index contributed by atoms with van der Waals surface area (Å²) in [6.07, 6.45) is 0.553. The smallest absolute Gasteiger partial charge is 0.242 e. The van der Waals surface area contributed by atoms with E-state index in [0.29, 0.717) is 35.3 Å². The summed E-state index contributed by atoms with van der Waals surface area (Å²) in [5.41, 5.74) is 3.06. The van der Waals surface area contributed by atoms with Crippen LogP contribution >= 0.6 is 35.0 Å². The number of carbonyl (C=O) groups excluding carboxylic acids is 2. The third-order valence-electron chi connectivity index (χ3n) is 4.67. The molecule has 30 heavy (non-hydrogen) atoms.